The first kappa shape index (κ1) is 28.3. The summed E-state index contributed by atoms with van der Waals surface area (Å²) < 4.78 is 17.8. The van der Waals surface area contributed by atoms with Crippen molar-refractivity contribution < 1.29 is 28.6 Å². The Morgan fingerprint density at radius 3 is 2.62 bits per heavy atom. The summed E-state index contributed by atoms with van der Waals surface area (Å²) in [5, 5.41) is 0. The first-order valence-corrected chi connectivity index (χ1v) is 15.2. The van der Waals surface area contributed by atoms with Crippen molar-refractivity contribution in [2.45, 2.75) is 77.2 Å². The number of fused-ring (bicyclic) bond motifs is 1. The summed E-state index contributed by atoms with van der Waals surface area (Å²) in [6.07, 6.45) is 5.20. The fraction of sp³-hybridized carbons (Fsp3) is 0.750. The maximum Gasteiger partial charge on any atom is 0.410 e. The summed E-state index contributed by atoms with van der Waals surface area (Å²) in [5.41, 5.74) is -1.12. The number of anilines is 1. The zero-order valence-electron chi connectivity index (χ0n) is 23.4. The van der Waals surface area contributed by atoms with Crippen LogP contribution in [0.15, 0.2) is 12.3 Å². The Balaban J connectivity index is 1.33. The van der Waals surface area contributed by atoms with E-state index in [2.05, 4.69) is 9.97 Å². The average Bonchev–Trinajstić information content (AvgIpc) is 3.28. The number of hydrogen-bond acceptors (Lipinski definition) is 10. The molecule has 4 heterocycles. The van der Waals surface area contributed by atoms with E-state index in [-0.39, 0.29) is 29.4 Å². The highest BCUT2D eigenvalue weighted by Gasteiger charge is 2.64. The van der Waals surface area contributed by atoms with E-state index in [1.807, 2.05) is 32.6 Å². The molecule has 5 rings (SSSR count). The second-order valence-corrected chi connectivity index (χ2v) is 13.1. The lowest BCUT2D eigenvalue weighted by molar-refractivity contribution is -0.244. The van der Waals surface area contributed by atoms with Gasteiger partial charge in [-0.1, -0.05) is 6.42 Å². The molecule has 0 aromatic carbocycles. The molecule has 1 aromatic rings. The van der Waals surface area contributed by atoms with Crippen molar-refractivity contribution >= 4 is 35.4 Å². The topological polar surface area (TPSA) is 111 Å². The number of Topliss-reactive ketones (excluding diaryl/α,β-unsaturated/α-hetero) is 2. The van der Waals surface area contributed by atoms with Gasteiger partial charge in [0.2, 0.25) is 5.95 Å². The molecule has 4 fully saturated rings. The molecule has 0 radical (unpaired) electrons. The van der Waals surface area contributed by atoms with Gasteiger partial charge >= 0.3 is 6.09 Å². The van der Waals surface area contributed by atoms with Gasteiger partial charge in [0.1, 0.15) is 11.3 Å². The van der Waals surface area contributed by atoms with Crippen LogP contribution in [0.2, 0.25) is 0 Å². The summed E-state index contributed by atoms with van der Waals surface area (Å²) in [6.45, 7) is 10.2. The van der Waals surface area contributed by atoms with Crippen LogP contribution in [0, 0.1) is 11.3 Å². The zero-order valence-corrected chi connectivity index (χ0v) is 24.3. The molecular weight excluding hydrogens is 520 g/mol. The molecule has 1 saturated carbocycles. The average molecular weight is 561 g/mol. The van der Waals surface area contributed by atoms with Gasteiger partial charge in [-0.2, -0.15) is 11.8 Å². The Morgan fingerprint density at radius 2 is 1.87 bits per heavy atom. The minimum absolute atomic E-state index is 0.0656. The van der Waals surface area contributed by atoms with Crippen LogP contribution < -0.4 is 4.90 Å². The fourth-order valence-electron chi connectivity index (χ4n) is 6.36. The van der Waals surface area contributed by atoms with Crippen molar-refractivity contribution in [2.75, 3.05) is 49.3 Å². The molecule has 3 atom stereocenters. The molecule has 2 unspecified atom stereocenters. The van der Waals surface area contributed by atoms with Crippen molar-refractivity contribution in [3.05, 3.63) is 18.0 Å². The molecular formula is C28H40N4O6S. The van der Waals surface area contributed by atoms with Gasteiger partial charge in [-0.05, 0) is 53.0 Å². The minimum atomic E-state index is -0.910. The summed E-state index contributed by atoms with van der Waals surface area (Å²) >= 11 is 1.63. The van der Waals surface area contributed by atoms with E-state index in [1.165, 1.54) is 0 Å². The number of thioether (sulfide) groups is 1. The number of ether oxygens (including phenoxy) is 3. The first-order valence-electron chi connectivity index (χ1n) is 14.1. The summed E-state index contributed by atoms with van der Waals surface area (Å²) in [6, 6.07) is 1.51. The summed E-state index contributed by atoms with van der Waals surface area (Å²) in [5.74, 6) is -0.563. The number of ketones is 2. The van der Waals surface area contributed by atoms with Crippen LogP contribution in [0.5, 0.6) is 0 Å². The maximum absolute atomic E-state index is 14.1. The molecule has 4 aliphatic rings. The highest BCUT2D eigenvalue weighted by atomic mass is 32.2. The lowest BCUT2D eigenvalue weighted by atomic mass is 9.64. The largest absolute Gasteiger partial charge is 0.444 e. The normalized spacial score (nSPS) is 29.5. The Bertz CT molecular complexity index is 1100. The van der Waals surface area contributed by atoms with Crippen molar-refractivity contribution in [1.82, 2.24) is 14.9 Å². The fourth-order valence-corrected chi connectivity index (χ4v) is 7.87. The second-order valence-electron chi connectivity index (χ2n) is 12.1. The van der Waals surface area contributed by atoms with E-state index in [0.717, 1.165) is 12.8 Å². The second kappa shape index (κ2) is 11.0. The minimum Gasteiger partial charge on any atom is -0.444 e. The molecule has 11 heteroatoms. The molecule has 3 aliphatic heterocycles. The summed E-state index contributed by atoms with van der Waals surface area (Å²) in [7, 11) is 0. The highest BCUT2D eigenvalue weighted by Crippen LogP contribution is 2.55. The third kappa shape index (κ3) is 5.41. The van der Waals surface area contributed by atoms with Gasteiger partial charge in [-0.3, -0.25) is 9.59 Å². The van der Waals surface area contributed by atoms with E-state index >= 15 is 0 Å². The van der Waals surface area contributed by atoms with Crippen LogP contribution in [0.25, 0.3) is 0 Å². The highest BCUT2D eigenvalue weighted by molar-refractivity contribution is 7.99. The molecule has 1 aliphatic carbocycles. The molecule has 0 bridgehead atoms. The van der Waals surface area contributed by atoms with Crippen LogP contribution >= 0.6 is 11.8 Å². The number of nitrogens with zero attached hydrogens (tertiary/aromatic N) is 4. The maximum atomic E-state index is 14.1. The predicted octanol–water partition coefficient (Wildman–Crippen LogP) is 3.73. The van der Waals surface area contributed by atoms with Gasteiger partial charge in [0.25, 0.3) is 0 Å². The molecule has 0 N–H and O–H groups in total. The van der Waals surface area contributed by atoms with Crippen LogP contribution in [-0.4, -0.2) is 94.3 Å². The molecule has 214 valence electrons. The van der Waals surface area contributed by atoms with E-state index in [1.54, 1.807) is 28.9 Å². The molecule has 10 nitrogen and oxygen atoms in total. The quantitative estimate of drug-likeness (QED) is 0.400. The third-order valence-electron chi connectivity index (χ3n) is 8.23. The van der Waals surface area contributed by atoms with Crippen molar-refractivity contribution in [3.63, 3.8) is 0 Å². The smallest absolute Gasteiger partial charge is 0.410 e. The Hall–Kier alpha value is -2.24. The number of carbonyl (C=O) groups excluding carboxylic acids is 3. The third-order valence-corrected chi connectivity index (χ3v) is 9.49. The monoisotopic (exact) mass is 560 g/mol. The lowest BCUT2D eigenvalue weighted by Crippen LogP contribution is -2.61. The molecule has 2 spiro atoms. The Morgan fingerprint density at radius 1 is 1.13 bits per heavy atom. The molecule has 1 aromatic heterocycles. The van der Waals surface area contributed by atoms with E-state index in [9.17, 15) is 14.4 Å². The van der Waals surface area contributed by atoms with Crippen LogP contribution in [0.4, 0.5) is 10.7 Å². The van der Waals surface area contributed by atoms with E-state index in [4.69, 9.17) is 14.2 Å². The Kier molecular flexibility index (Phi) is 7.96. The zero-order chi connectivity index (χ0) is 27.8. The first-order chi connectivity index (χ1) is 18.6. The van der Waals surface area contributed by atoms with Gasteiger partial charge in [-0.25, -0.2) is 14.8 Å². The predicted molar refractivity (Wildman–Crippen MR) is 147 cm³/mol. The number of rotatable bonds is 3. The number of carbonyl (C=O) groups is 3. The van der Waals surface area contributed by atoms with Gasteiger partial charge < -0.3 is 24.0 Å². The van der Waals surface area contributed by atoms with Crippen molar-refractivity contribution in [1.29, 1.82) is 0 Å². The van der Waals surface area contributed by atoms with Crippen LogP contribution in [-0.2, 0) is 19.0 Å². The molecule has 1 amide bonds. The summed E-state index contributed by atoms with van der Waals surface area (Å²) in [4.78, 5) is 53.4. The van der Waals surface area contributed by atoms with E-state index in [0.29, 0.717) is 69.6 Å². The van der Waals surface area contributed by atoms with Crippen LogP contribution in [0.3, 0.4) is 0 Å². The van der Waals surface area contributed by atoms with Gasteiger partial charge in [0, 0.05) is 49.8 Å². The van der Waals surface area contributed by atoms with Gasteiger partial charge in [0.05, 0.1) is 24.5 Å². The number of aromatic nitrogens is 2. The lowest BCUT2D eigenvalue weighted by Gasteiger charge is -2.51. The Labute approximate surface area is 234 Å². The van der Waals surface area contributed by atoms with Crippen LogP contribution in [0.1, 0.15) is 70.3 Å². The SMILES string of the molecule is C[C@H]1CN(C(=O)OC(C)(C)C)CCCN1c1nccc(C(=O)C2CSCC3(CCCCC34OCCO4)C2=O)n1. The van der Waals surface area contributed by atoms with Gasteiger partial charge in [-0.15, -0.1) is 0 Å². The number of hydrogen-bond donors (Lipinski definition) is 0. The van der Waals surface area contributed by atoms with E-state index < -0.39 is 22.7 Å². The molecule has 39 heavy (non-hydrogen) atoms. The molecule has 3 saturated heterocycles. The standard InChI is InChI=1S/C28H40N4O6S/c1-19-16-31(25(35)38-26(2,3)4)12-7-13-32(19)24-29-11-8-21(30-24)22(33)20-17-39-18-27(23(20)34)9-5-6-10-28(27)36-14-15-37-28/h8,11,19-20H,5-7,9-10,12-18H2,1-4H3/t19-,20?,27?/m0/s1. The number of amides is 1. The van der Waals surface area contributed by atoms with Crippen molar-refractivity contribution in [3.8, 4) is 0 Å². The van der Waals surface area contributed by atoms with Gasteiger partial charge in [0.15, 0.2) is 17.4 Å². The van der Waals surface area contributed by atoms with Crippen molar-refractivity contribution in [2.24, 2.45) is 11.3 Å².